The third kappa shape index (κ3) is 3.96. The van der Waals surface area contributed by atoms with E-state index in [0.717, 1.165) is 5.56 Å². The van der Waals surface area contributed by atoms with Gasteiger partial charge in [0, 0.05) is 5.56 Å². The van der Waals surface area contributed by atoms with Crippen LogP contribution in [-0.4, -0.2) is 18.4 Å². The van der Waals surface area contributed by atoms with E-state index in [2.05, 4.69) is 5.32 Å². The Balaban J connectivity index is 1.48. The Bertz CT molecular complexity index is 790. The molecule has 0 bridgehead atoms. The lowest BCUT2D eigenvalue weighted by molar-refractivity contribution is -0.122. The van der Waals surface area contributed by atoms with E-state index in [1.165, 1.54) is 6.07 Å². The van der Waals surface area contributed by atoms with Crippen molar-refractivity contribution in [2.75, 3.05) is 6.61 Å². The van der Waals surface area contributed by atoms with Crippen LogP contribution < -0.4 is 15.8 Å². The van der Waals surface area contributed by atoms with Crippen molar-refractivity contribution in [2.45, 2.75) is 25.3 Å². The molecule has 0 saturated carbocycles. The summed E-state index contributed by atoms with van der Waals surface area (Å²) < 4.78 is 19.2. The first-order valence-corrected chi connectivity index (χ1v) is 8.14. The zero-order valence-electron chi connectivity index (χ0n) is 13.6. The van der Waals surface area contributed by atoms with Gasteiger partial charge < -0.3 is 15.8 Å². The molecule has 1 aliphatic carbocycles. The van der Waals surface area contributed by atoms with Crippen LogP contribution in [0.2, 0.25) is 0 Å². The predicted octanol–water partition coefficient (Wildman–Crippen LogP) is 2.50. The smallest absolute Gasteiger partial charge is 0.248 e. The number of amides is 2. The van der Waals surface area contributed by atoms with Crippen LogP contribution in [0.3, 0.4) is 0 Å². The highest BCUT2D eigenvalue weighted by Crippen LogP contribution is 2.32. The Labute approximate surface area is 145 Å². The van der Waals surface area contributed by atoms with Gasteiger partial charge in [-0.2, -0.15) is 0 Å². The topological polar surface area (TPSA) is 81.4 Å². The fraction of sp³-hybridized carbons (Fsp3) is 0.263. The molecule has 0 fully saturated rings. The van der Waals surface area contributed by atoms with Gasteiger partial charge >= 0.3 is 0 Å². The number of hydrogen-bond acceptors (Lipinski definition) is 3. The van der Waals surface area contributed by atoms with Crippen molar-refractivity contribution in [3.05, 3.63) is 65.0 Å². The molecule has 130 valence electrons. The third-order valence-electron chi connectivity index (χ3n) is 4.29. The lowest BCUT2D eigenvalue weighted by atomic mass is 10.1. The number of nitrogens with one attached hydrogen (secondary N) is 1. The second-order valence-corrected chi connectivity index (χ2v) is 5.95. The molecule has 3 N–H and O–H groups in total. The van der Waals surface area contributed by atoms with E-state index < -0.39 is 5.91 Å². The third-order valence-corrected chi connectivity index (χ3v) is 4.29. The number of nitrogens with two attached hydrogens (primary N) is 1. The first-order chi connectivity index (χ1) is 12.0. The highest BCUT2D eigenvalue weighted by molar-refractivity contribution is 5.92. The molecule has 25 heavy (non-hydrogen) atoms. The molecular formula is C19H19FN2O3. The molecule has 1 aliphatic rings. The van der Waals surface area contributed by atoms with Crippen molar-refractivity contribution >= 4 is 11.8 Å². The molecule has 5 nitrogen and oxygen atoms in total. The molecule has 2 aromatic carbocycles. The van der Waals surface area contributed by atoms with Crippen LogP contribution in [0.25, 0.3) is 0 Å². The van der Waals surface area contributed by atoms with Gasteiger partial charge in [-0.25, -0.2) is 4.39 Å². The zero-order valence-corrected chi connectivity index (χ0v) is 13.6. The summed E-state index contributed by atoms with van der Waals surface area (Å²) in [5.41, 5.74) is 7.12. The van der Waals surface area contributed by atoms with Gasteiger partial charge in [-0.3, -0.25) is 9.59 Å². The summed E-state index contributed by atoms with van der Waals surface area (Å²) in [6.07, 6.45) is 1.53. The molecule has 6 heteroatoms. The number of hydrogen-bond donors (Lipinski definition) is 2. The molecule has 0 radical (unpaired) electrons. The molecule has 0 aliphatic heterocycles. The van der Waals surface area contributed by atoms with Gasteiger partial charge in [-0.15, -0.1) is 0 Å². The van der Waals surface area contributed by atoms with Crippen molar-refractivity contribution in [2.24, 2.45) is 5.73 Å². The summed E-state index contributed by atoms with van der Waals surface area (Å²) in [7, 11) is 0. The number of ether oxygens (including phenoxy) is 1. The Morgan fingerprint density at radius 3 is 2.68 bits per heavy atom. The lowest BCUT2D eigenvalue weighted by Gasteiger charge is -2.14. The lowest BCUT2D eigenvalue weighted by Crippen LogP contribution is -2.28. The van der Waals surface area contributed by atoms with Gasteiger partial charge in [0.1, 0.15) is 11.6 Å². The van der Waals surface area contributed by atoms with Crippen LogP contribution in [0.5, 0.6) is 5.75 Å². The van der Waals surface area contributed by atoms with Crippen molar-refractivity contribution in [3.63, 3.8) is 0 Å². The fourth-order valence-corrected chi connectivity index (χ4v) is 3.00. The van der Waals surface area contributed by atoms with Crippen LogP contribution in [0.1, 0.15) is 40.4 Å². The Morgan fingerprint density at radius 1 is 1.20 bits per heavy atom. The fourth-order valence-electron chi connectivity index (χ4n) is 3.00. The minimum atomic E-state index is -0.501. The normalized spacial score (nSPS) is 15.5. The van der Waals surface area contributed by atoms with E-state index in [9.17, 15) is 14.0 Å². The molecule has 0 saturated heterocycles. The SMILES string of the molecule is NC(=O)c1ccc(OCCC(=O)N[C@H]2CCc3c(F)cccc32)cc1. The van der Waals surface area contributed by atoms with E-state index in [1.807, 2.05) is 6.07 Å². The minimum Gasteiger partial charge on any atom is -0.493 e. The van der Waals surface area contributed by atoms with Crippen LogP contribution in [0.15, 0.2) is 42.5 Å². The summed E-state index contributed by atoms with van der Waals surface area (Å²) >= 11 is 0. The summed E-state index contributed by atoms with van der Waals surface area (Å²) in [6, 6.07) is 11.2. The molecule has 2 aromatic rings. The van der Waals surface area contributed by atoms with E-state index in [4.69, 9.17) is 10.5 Å². The second-order valence-electron chi connectivity index (χ2n) is 5.95. The van der Waals surface area contributed by atoms with E-state index in [1.54, 1.807) is 30.3 Å². The first-order valence-electron chi connectivity index (χ1n) is 8.14. The molecule has 0 heterocycles. The van der Waals surface area contributed by atoms with E-state index in [0.29, 0.717) is 29.7 Å². The minimum absolute atomic E-state index is 0.143. The molecule has 0 aromatic heterocycles. The van der Waals surface area contributed by atoms with Crippen molar-refractivity contribution in [1.82, 2.24) is 5.32 Å². The monoisotopic (exact) mass is 342 g/mol. The number of rotatable bonds is 6. The van der Waals surface area contributed by atoms with Gasteiger partial charge in [0.2, 0.25) is 11.8 Å². The highest BCUT2D eigenvalue weighted by atomic mass is 19.1. The van der Waals surface area contributed by atoms with Crippen molar-refractivity contribution < 1.29 is 18.7 Å². The molecule has 0 spiro atoms. The number of primary amides is 1. The largest absolute Gasteiger partial charge is 0.493 e. The molecular weight excluding hydrogens is 323 g/mol. The number of carbonyl (C=O) groups is 2. The summed E-state index contributed by atoms with van der Waals surface area (Å²) in [5, 5.41) is 2.93. The van der Waals surface area contributed by atoms with Gasteiger partial charge in [0.05, 0.1) is 19.1 Å². The van der Waals surface area contributed by atoms with Crippen LogP contribution in [0, 0.1) is 5.82 Å². The molecule has 2 amide bonds. The van der Waals surface area contributed by atoms with Gasteiger partial charge in [-0.1, -0.05) is 12.1 Å². The molecule has 1 atom stereocenters. The van der Waals surface area contributed by atoms with Gasteiger partial charge in [0.15, 0.2) is 0 Å². The predicted molar refractivity (Wildman–Crippen MR) is 90.7 cm³/mol. The van der Waals surface area contributed by atoms with Crippen molar-refractivity contribution in [1.29, 1.82) is 0 Å². The number of halogens is 1. The summed E-state index contributed by atoms with van der Waals surface area (Å²) in [4.78, 5) is 23.1. The molecule has 0 unspecified atom stereocenters. The van der Waals surface area contributed by atoms with E-state index >= 15 is 0 Å². The van der Waals surface area contributed by atoms with Crippen LogP contribution >= 0.6 is 0 Å². The van der Waals surface area contributed by atoms with Gasteiger partial charge in [-0.05, 0) is 54.3 Å². The molecule has 3 rings (SSSR count). The average Bonchev–Trinajstić information content (AvgIpc) is 3.00. The maximum Gasteiger partial charge on any atom is 0.248 e. The second kappa shape index (κ2) is 7.34. The maximum atomic E-state index is 13.7. The first kappa shape index (κ1) is 17.0. The maximum absolute atomic E-state index is 13.7. The Hall–Kier alpha value is -2.89. The highest BCUT2D eigenvalue weighted by Gasteiger charge is 2.25. The standard InChI is InChI=1S/C19H19FN2O3/c20-16-3-1-2-15-14(16)8-9-17(15)22-18(23)10-11-25-13-6-4-12(5-7-13)19(21)24/h1-7,17H,8-11H2,(H2,21,24)(H,22,23)/t17-/m0/s1. The van der Waals surface area contributed by atoms with Crippen LogP contribution in [0.4, 0.5) is 4.39 Å². The number of carbonyl (C=O) groups excluding carboxylic acids is 2. The number of fused-ring (bicyclic) bond motifs is 1. The van der Waals surface area contributed by atoms with Crippen molar-refractivity contribution in [3.8, 4) is 5.75 Å². The zero-order chi connectivity index (χ0) is 17.8. The summed E-state index contributed by atoms with van der Waals surface area (Å²) in [6.45, 7) is 0.213. The van der Waals surface area contributed by atoms with Crippen LogP contribution in [-0.2, 0) is 11.2 Å². The van der Waals surface area contributed by atoms with E-state index in [-0.39, 0.29) is 30.8 Å². The summed E-state index contributed by atoms with van der Waals surface area (Å²) in [5.74, 6) is -0.293. The quantitative estimate of drug-likeness (QED) is 0.846. The Morgan fingerprint density at radius 2 is 1.96 bits per heavy atom. The number of benzene rings is 2. The van der Waals surface area contributed by atoms with Gasteiger partial charge in [0.25, 0.3) is 0 Å². The average molecular weight is 342 g/mol. The Kier molecular flexibility index (Phi) is 4.97.